The molecule has 0 unspecified atom stereocenters. The third-order valence-electron chi connectivity index (χ3n) is 3.27. The number of benzene rings is 1. The number of rotatable bonds is 3. The van der Waals surface area contributed by atoms with Crippen molar-refractivity contribution in [1.82, 2.24) is 0 Å². The summed E-state index contributed by atoms with van der Waals surface area (Å²) in [6.45, 7) is 1.64. The van der Waals surface area contributed by atoms with E-state index in [1.165, 1.54) is 0 Å². The van der Waals surface area contributed by atoms with Crippen LogP contribution in [0, 0.1) is 0 Å². The fraction of sp³-hybridized carbons (Fsp3) is 0.385. The van der Waals surface area contributed by atoms with Crippen LogP contribution < -0.4 is 4.74 Å². The predicted octanol–water partition coefficient (Wildman–Crippen LogP) is 1.20. The molecular weight excluding hydrogens is 234 g/mol. The second kappa shape index (κ2) is 4.42. The van der Waals surface area contributed by atoms with Gasteiger partial charge in [0.2, 0.25) is 0 Å². The summed E-state index contributed by atoms with van der Waals surface area (Å²) in [5, 5.41) is 19.6. The highest BCUT2D eigenvalue weighted by molar-refractivity contribution is 5.96. The molecule has 1 aromatic rings. The summed E-state index contributed by atoms with van der Waals surface area (Å²) in [6.07, 6.45) is 0.0569. The maximum absolute atomic E-state index is 10.9. The second-order valence-corrected chi connectivity index (χ2v) is 4.36. The Kier molecular flexibility index (Phi) is 3.09. The molecule has 2 atom stereocenters. The van der Waals surface area contributed by atoms with E-state index in [4.69, 9.17) is 9.84 Å². The van der Waals surface area contributed by atoms with Gasteiger partial charge in [-0.05, 0) is 24.6 Å². The Labute approximate surface area is 105 Å². The van der Waals surface area contributed by atoms with E-state index in [-0.39, 0.29) is 6.42 Å². The fourth-order valence-corrected chi connectivity index (χ4v) is 2.16. The average Bonchev–Trinajstić information content (AvgIpc) is 2.67. The van der Waals surface area contributed by atoms with E-state index in [9.17, 15) is 9.90 Å². The number of nitrogens with zero attached hydrogens (tertiary/aromatic N) is 1. The highest BCUT2D eigenvalue weighted by atomic mass is 16.5. The molecule has 2 N–H and O–H groups in total. The molecule has 0 saturated carbocycles. The molecule has 0 saturated heterocycles. The van der Waals surface area contributed by atoms with Gasteiger partial charge in [0.1, 0.15) is 11.4 Å². The fourth-order valence-electron chi connectivity index (χ4n) is 2.16. The van der Waals surface area contributed by atoms with E-state index in [2.05, 4.69) is 4.99 Å². The minimum atomic E-state index is -1.32. The number of ether oxygens (including phenoxy) is 1. The molecule has 1 aliphatic heterocycles. The van der Waals surface area contributed by atoms with E-state index >= 15 is 0 Å². The lowest BCUT2D eigenvalue weighted by molar-refractivity contribution is -0.139. The van der Waals surface area contributed by atoms with Crippen molar-refractivity contribution < 1.29 is 19.7 Å². The van der Waals surface area contributed by atoms with Crippen LogP contribution in [-0.2, 0) is 10.4 Å². The van der Waals surface area contributed by atoms with Crippen molar-refractivity contribution in [3.05, 3.63) is 29.8 Å². The molecule has 0 amide bonds. The Morgan fingerprint density at radius 2 is 2.28 bits per heavy atom. The minimum Gasteiger partial charge on any atom is -0.497 e. The van der Waals surface area contributed by atoms with Gasteiger partial charge < -0.3 is 14.9 Å². The molecule has 96 valence electrons. The first-order valence-electron chi connectivity index (χ1n) is 5.62. The lowest BCUT2D eigenvalue weighted by Crippen LogP contribution is -2.32. The van der Waals surface area contributed by atoms with E-state index < -0.39 is 17.6 Å². The van der Waals surface area contributed by atoms with Crippen molar-refractivity contribution in [3.63, 3.8) is 0 Å². The third-order valence-corrected chi connectivity index (χ3v) is 3.27. The quantitative estimate of drug-likeness (QED) is 0.843. The zero-order chi connectivity index (χ0) is 13.3. The molecule has 0 radical (unpaired) electrons. The van der Waals surface area contributed by atoms with Crippen LogP contribution in [0.25, 0.3) is 0 Å². The number of carboxylic acids is 1. The summed E-state index contributed by atoms with van der Waals surface area (Å²) in [5.41, 5.74) is -0.299. The molecular formula is C13H15NO4. The SMILES string of the molecule is COc1cccc([C@@]2(O)C[C@@H](C(=O)O)N=C2C)c1. The number of aliphatic hydroxyl groups is 1. The molecule has 0 aliphatic carbocycles. The summed E-state index contributed by atoms with van der Waals surface area (Å²) in [5.74, 6) is -0.402. The predicted molar refractivity (Wildman–Crippen MR) is 66.0 cm³/mol. The number of carboxylic acid groups (broad SMARTS) is 1. The summed E-state index contributed by atoms with van der Waals surface area (Å²) in [4.78, 5) is 14.9. The number of carbonyl (C=O) groups is 1. The number of aliphatic imine (C=N–C) groups is 1. The molecule has 18 heavy (non-hydrogen) atoms. The maximum atomic E-state index is 10.9. The molecule has 1 aromatic carbocycles. The Balaban J connectivity index is 2.38. The van der Waals surface area contributed by atoms with Crippen molar-refractivity contribution >= 4 is 11.7 Å². The van der Waals surface area contributed by atoms with E-state index in [0.29, 0.717) is 17.0 Å². The molecule has 1 heterocycles. The summed E-state index contributed by atoms with van der Waals surface area (Å²) >= 11 is 0. The Hall–Kier alpha value is -1.88. The Morgan fingerprint density at radius 3 is 2.83 bits per heavy atom. The van der Waals surface area contributed by atoms with Crippen LogP contribution in [0.5, 0.6) is 5.75 Å². The van der Waals surface area contributed by atoms with Gasteiger partial charge in [0, 0.05) is 12.1 Å². The normalized spacial score (nSPS) is 26.8. The summed E-state index contributed by atoms with van der Waals surface area (Å²) < 4.78 is 5.10. The lowest BCUT2D eigenvalue weighted by Gasteiger charge is -2.24. The van der Waals surface area contributed by atoms with Crippen LogP contribution in [0.1, 0.15) is 18.9 Å². The van der Waals surface area contributed by atoms with Crippen molar-refractivity contribution in [3.8, 4) is 5.75 Å². The summed E-state index contributed by atoms with van der Waals surface area (Å²) in [7, 11) is 1.54. The highest BCUT2D eigenvalue weighted by Crippen LogP contribution is 2.36. The number of hydrogen-bond acceptors (Lipinski definition) is 4. The molecule has 0 fully saturated rings. The van der Waals surface area contributed by atoms with E-state index in [1.807, 2.05) is 0 Å². The molecule has 0 spiro atoms. The molecule has 0 bridgehead atoms. The third kappa shape index (κ3) is 1.97. The van der Waals surface area contributed by atoms with Crippen LogP contribution in [0.3, 0.4) is 0 Å². The van der Waals surface area contributed by atoms with Crippen LogP contribution in [0.15, 0.2) is 29.3 Å². The number of aliphatic carboxylic acids is 1. The van der Waals surface area contributed by atoms with E-state index in [0.717, 1.165) is 0 Å². The first-order chi connectivity index (χ1) is 8.47. The molecule has 5 heteroatoms. The van der Waals surface area contributed by atoms with Gasteiger partial charge >= 0.3 is 5.97 Å². The Morgan fingerprint density at radius 1 is 1.56 bits per heavy atom. The van der Waals surface area contributed by atoms with Gasteiger partial charge in [-0.1, -0.05) is 12.1 Å². The smallest absolute Gasteiger partial charge is 0.328 e. The van der Waals surface area contributed by atoms with Crippen LogP contribution in [-0.4, -0.2) is 35.0 Å². The zero-order valence-corrected chi connectivity index (χ0v) is 10.3. The van der Waals surface area contributed by atoms with Gasteiger partial charge in [0.25, 0.3) is 0 Å². The van der Waals surface area contributed by atoms with Crippen molar-refractivity contribution in [2.75, 3.05) is 7.11 Å². The second-order valence-electron chi connectivity index (χ2n) is 4.36. The topological polar surface area (TPSA) is 79.1 Å². The first kappa shape index (κ1) is 12.6. The van der Waals surface area contributed by atoms with E-state index in [1.54, 1.807) is 38.3 Å². The maximum Gasteiger partial charge on any atom is 0.328 e. The van der Waals surface area contributed by atoms with Gasteiger partial charge in [-0.15, -0.1) is 0 Å². The molecule has 5 nitrogen and oxygen atoms in total. The Bertz CT molecular complexity index is 511. The standard InChI is InChI=1S/C13H15NO4/c1-8-13(17,7-11(14-8)12(15)16)9-4-3-5-10(6-9)18-2/h3-6,11,17H,7H2,1-2H3,(H,15,16)/t11-,13+/m0/s1. The average molecular weight is 249 g/mol. The highest BCUT2D eigenvalue weighted by Gasteiger charge is 2.43. The van der Waals surface area contributed by atoms with Gasteiger partial charge in [-0.3, -0.25) is 4.99 Å². The van der Waals surface area contributed by atoms with Crippen molar-refractivity contribution in [1.29, 1.82) is 0 Å². The molecule has 2 rings (SSSR count). The zero-order valence-electron chi connectivity index (χ0n) is 10.3. The van der Waals surface area contributed by atoms with Gasteiger partial charge in [0.05, 0.1) is 7.11 Å². The largest absolute Gasteiger partial charge is 0.497 e. The van der Waals surface area contributed by atoms with Crippen LogP contribution >= 0.6 is 0 Å². The van der Waals surface area contributed by atoms with Crippen LogP contribution in [0.2, 0.25) is 0 Å². The minimum absolute atomic E-state index is 0.0569. The lowest BCUT2D eigenvalue weighted by atomic mass is 9.86. The monoisotopic (exact) mass is 249 g/mol. The van der Waals surface area contributed by atoms with Gasteiger partial charge in [0.15, 0.2) is 6.04 Å². The van der Waals surface area contributed by atoms with Crippen molar-refractivity contribution in [2.24, 2.45) is 4.99 Å². The van der Waals surface area contributed by atoms with Crippen molar-refractivity contribution in [2.45, 2.75) is 25.0 Å². The van der Waals surface area contributed by atoms with Crippen LogP contribution in [0.4, 0.5) is 0 Å². The molecule has 1 aliphatic rings. The molecule has 0 aromatic heterocycles. The number of methoxy groups -OCH3 is 1. The first-order valence-corrected chi connectivity index (χ1v) is 5.62. The van der Waals surface area contributed by atoms with Gasteiger partial charge in [-0.25, -0.2) is 4.79 Å². The van der Waals surface area contributed by atoms with Gasteiger partial charge in [-0.2, -0.15) is 0 Å². The number of hydrogen-bond donors (Lipinski definition) is 2. The summed E-state index contributed by atoms with van der Waals surface area (Å²) in [6, 6.07) is 6.08.